The fourth-order valence-electron chi connectivity index (χ4n) is 3.77. The van der Waals surface area contributed by atoms with Crippen LogP contribution >= 0.6 is 22.9 Å². The molecule has 170 valence electrons. The highest BCUT2D eigenvalue weighted by Crippen LogP contribution is 2.31. The van der Waals surface area contributed by atoms with Crippen LogP contribution in [-0.2, 0) is 9.53 Å². The molecule has 0 spiro atoms. The van der Waals surface area contributed by atoms with E-state index in [0.717, 1.165) is 16.8 Å². The number of allylic oxidation sites excluding steroid dienone is 1. The first-order chi connectivity index (χ1) is 15.8. The Balaban J connectivity index is 1.92. The number of anilines is 1. The third-order valence-electron chi connectivity index (χ3n) is 5.41. The van der Waals surface area contributed by atoms with Gasteiger partial charge in [-0.3, -0.25) is 9.36 Å². The molecule has 3 aromatic rings. The van der Waals surface area contributed by atoms with Gasteiger partial charge in [-0.15, -0.1) is 0 Å². The van der Waals surface area contributed by atoms with Crippen molar-refractivity contribution in [1.82, 2.24) is 4.57 Å². The largest absolute Gasteiger partial charge is 0.463 e. The van der Waals surface area contributed by atoms with Crippen LogP contribution in [0.25, 0.3) is 6.08 Å². The van der Waals surface area contributed by atoms with E-state index in [1.165, 1.54) is 11.3 Å². The predicted octanol–water partition coefficient (Wildman–Crippen LogP) is 3.52. The monoisotopic (exact) mass is 481 g/mol. The molecule has 6 nitrogen and oxygen atoms in total. The van der Waals surface area contributed by atoms with E-state index < -0.39 is 12.0 Å². The van der Waals surface area contributed by atoms with E-state index >= 15 is 0 Å². The first-order valence-corrected chi connectivity index (χ1v) is 11.7. The van der Waals surface area contributed by atoms with Crippen molar-refractivity contribution in [3.63, 3.8) is 0 Å². The van der Waals surface area contributed by atoms with Gasteiger partial charge in [-0.05, 0) is 55.3 Å². The van der Waals surface area contributed by atoms with E-state index in [9.17, 15) is 9.59 Å². The molecule has 0 fully saturated rings. The first-order valence-electron chi connectivity index (χ1n) is 10.5. The average Bonchev–Trinajstić information content (AvgIpc) is 3.09. The van der Waals surface area contributed by atoms with E-state index in [4.69, 9.17) is 16.3 Å². The van der Waals surface area contributed by atoms with Gasteiger partial charge in [0, 0.05) is 24.8 Å². The van der Waals surface area contributed by atoms with Crippen LogP contribution in [0.1, 0.15) is 31.0 Å². The number of fused-ring (bicyclic) bond motifs is 1. The molecule has 0 saturated heterocycles. The topological polar surface area (TPSA) is 63.9 Å². The highest BCUT2D eigenvalue weighted by atomic mass is 35.5. The average molecular weight is 482 g/mol. The van der Waals surface area contributed by atoms with Crippen molar-refractivity contribution in [2.24, 2.45) is 4.99 Å². The Morgan fingerprint density at radius 1 is 1.18 bits per heavy atom. The minimum atomic E-state index is -0.621. The molecule has 1 aliphatic rings. The zero-order valence-corrected chi connectivity index (χ0v) is 20.4. The SMILES string of the molecule is CCOC(=O)C1=C(C)N=c2sc(=Cc3ccc(Cl)cc3)c(=O)n2C1c1ccc(N(C)C)cc1. The number of aromatic nitrogens is 1. The lowest BCUT2D eigenvalue weighted by Crippen LogP contribution is -2.39. The Labute approximate surface area is 200 Å². The fraction of sp³-hybridized carbons (Fsp3) is 0.240. The van der Waals surface area contributed by atoms with E-state index in [2.05, 4.69) is 4.99 Å². The maximum atomic E-state index is 13.5. The third kappa shape index (κ3) is 4.51. The van der Waals surface area contributed by atoms with Crippen LogP contribution in [-0.4, -0.2) is 31.2 Å². The molecule has 0 aliphatic carbocycles. The molecular weight excluding hydrogens is 458 g/mol. The fourth-order valence-corrected chi connectivity index (χ4v) is 4.94. The summed E-state index contributed by atoms with van der Waals surface area (Å²) in [5, 5.41) is 0.629. The number of ether oxygens (including phenoxy) is 1. The summed E-state index contributed by atoms with van der Waals surface area (Å²) >= 11 is 7.29. The van der Waals surface area contributed by atoms with Gasteiger partial charge >= 0.3 is 5.97 Å². The van der Waals surface area contributed by atoms with Gasteiger partial charge in [0.15, 0.2) is 4.80 Å². The summed E-state index contributed by atoms with van der Waals surface area (Å²) in [6.45, 7) is 3.78. The van der Waals surface area contributed by atoms with Crippen LogP contribution in [0.3, 0.4) is 0 Å². The molecule has 2 heterocycles. The number of esters is 1. The minimum Gasteiger partial charge on any atom is -0.463 e. The summed E-state index contributed by atoms with van der Waals surface area (Å²) in [5.41, 5.74) is 3.42. The van der Waals surface area contributed by atoms with Gasteiger partial charge in [-0.1, -0.05) is 47.2 Å². The molecule has 8 heteroatoms. The number of halogens is 1. The van der Waals surface area contributed by atoms with Gasteiger partial charge in [-0.25, -0.2) is 9.79 Å². The van der Waals surface area contributed by atoms with Crippen molar-refractivity contribution in [2.75, 3.05) is 25.6 Å². The molecule has 4 rings (SSSR count). The van der Waals surface area contributed by atoms with Crippen LogP contribution < -0.4 is 19.8 Å². The van der Waals surface area contributed by atoms with E-state index in [-0.39, 0.29) is 12.2 Å². The van der Waals surface area contributed by atoms with Crippen molar-refractivity contribution >= 4 is 40.7 Å². The second-order valence-electron chi connectivity index (χ2n) is 7.84. The van der Waals surface area contributed by atoms with Crippen LogP contribution in [0.4, 0.5) is 5.69 Å². The van der Waals surface area contributed by atoms with Crippen LogP contribution in [0.15, 0.2) is 69.6 Å². The number of carbonyl (C=O) groups is 1. The van der Waals surface area contributed by atoms with Crippen LogP contribution in [0, 0.1) is 0 Å². The highest BCUT2D eigenvalue weighted by Gasteiger charge is 2.33. The molecule has 0 radical (unpaired) electrons. The lowest BCUT2D eigenvalue weighted by molar-refractivity contribution is -0.139. The Morgan fingerprint density at radius 3 is 2.45 bits per heavy atom. The number of hydrogen-bond acceptors (Lipinski definition) is 6. The van der Waals surface area contributed by atoms with Gasteiger partial charge in [-0.2, -0.15) is 0 Å². The van der Waals surface area contributed by atoms with E-state index in [0.29, 0.717) is 25.6 Å². The smallest absolute Gasteiger partial charge is 0.338 e. The molecule has 0 bridgehead atoms. The number of nitrogens with zero attached hydrogens (tertiary/aromatic N) is 3. The van der Waals surface area contributed by atoms with Gasteiger partial charge in [0.2, 0.25) is 0 Å². The Kier molecular flexibility index (Phi) is 6.54. The van der Waals surface area contributed by atoms with Crippen molar-refractivity contribution in [2.45, 2.75) is 19.9 Å². The van der Waals surface area contributed by atoms with Gasteiger partial charge < -0.3 is 9.64 Å². The summed E-state index contributed by atoms with van der Waals surface area (Å²) in [4.78, 5) is 33.6. The molecule has 1 atom stereocenters. The number of hydrogen-bond donors (Lipinski definition) is 0. The quantitative estimate of drug-likeness (QED) is 0.523. The van der Waals surface area contributed by atoms with Gasteiger partial charge in [0.25, 0.3) is 5.56 Å². The Bertz CT molecular complexity index is 1400. The normalized spacial score (nSPS) is 15.8. The van der Waals surface area contributed by atoms with E-state index in [1.54, 1.807) is 30.5 Å². The molecule has 0 N–H and O–H groups in total. The van der Waals surface area contributed by atoms with Gasteiger partial charge in [0.05, 0.1) is 28.5 Å². The molecule has 1 aliphatic heterocycles. The minimum absolute atomic E-state index is 0.204. The molecule has 1 unspecified atom stereocenters. The lowest BCUT2D eigenvalue weighted by atomic mass is 9.95. The maximum Gasteiger partial charge on any atom is 0.338 e. The van der Waals surface area contributed by atoms with Crippen molar-refractivity contribution in [3.05, 3.63) is 95.6 Å². The second-order valence-corrected chi connectivity index (χ2v) is 9.29. The van der Waals surface area contributed by atoms with Crippen LogP contribution in [0.2, 0.25) is 5.02 Å². The predicted molar refractivity (Wildman–Crippen MR) is 133 cm³/mol. The molecule has 33 heavy (non-hydrogen) atoms. The summed E-state index contributed by atoms with van der Waals surface area (Å²) in [7, 11) is 3.92. The first kappa shape index (κ1) is 23.0. The van der Waals surface area contributed by atoms with Crippen molar-refractivity contribution < 1.29 is 9.53 Å². The highest BCUT2D eigenvalue weighted by molar-refractivity contribution is 7.07. The zero-order chi connectivity index (χ0) is 23.7. The number of benzene rings is 2. The summed E-state index contributed by atoms with van der Waals surface area (Å²) in [6, 6.07) is 14.5. The third-order valence-corrected chi connectivity index (χ3v) is 6.64. The second kappa shape index (κ2) is 9.37. The van der Waals surface area contributed by atoms with Crippen molar-refractivity contribution in [3.8, 4) is 0 Å². The molecule has 1 aromatic heterocycles. The standard InChI is InChI=1S/C25H24ClN3O3S/c1-5-32-24(31)21-15(2)27-25-29(22(21)17-8-12-19(13-9-17)28(3)4)23(30)20(33-25)14-16-6-10-18(26)11-7-16/h6-14,22H,5H2,1-4H3. The molecular formula is C25H24ClN3O3S. The molecule has 0 saturated carbocycles. The zero-order valence-electron chi connectivity index (χ0n) is 18.8. The molecule has 2 aromatic carbocycles. The summed E-state index contributed by atoms with van der Waals surface area (Å²) < 4.78 is 7.46. The summed E-state index contributed by atoms with van der Waals surface area (Å²) in [6.07, 6.45) is 1.82. The van der Waals surface area contributed by atoms with Crippen LogP contribution in [0.5, 0.6) is 0 Å². The maximum absolute atomic E-state index is 13.5. The van der Waals surface area contributed by atoms with Gasteiger partial charge in [0.1, 0.15) is 0 Å². The number of rotatable bonds is 5. The molecule has 0 amide bonds. The summed E-state index contributed by atoms with van der Waals surface area (Å²) in [5.74, 6) is -0.465. The Morgan fingerprint density at radius 2 is 1.85 bits per heavy atom. The number of carbonyl (C=O) groups excluding carboxylic acids is 1. The number of thiazole rings is 1. The van der Waals surface area contributed by atoms with E-state index in [1.807, 2.05) is 61.5 Å². The lowest BCUT2D eigenvalue weighted by Gasteiger charge is -2.25. The Hall–Kier alpha value is -3.16. The van der Waals surface area contributed by atoms with Crippen molar-refractivity contribution in [1.29, 1.82) is 0 Å².